The third-order valence-corrected chi connectivity index (χ3v) is 7.14. The molecule has 0 saturated carbocycles. The Morgan fingerprint density at radius 1 is 0.667 bits per heavy atom. The molecule has 0 unspecified atom stereocenters. The maximum Gasteiger partial charge on any atom is 0.224 e. The van der Waals surface area contributed by atoms with Crippen LogP contribution in [0, 0.1) is 0 Å². The molecule has 6 aromatic rings. The Morgan fingerprint density at radius 2 is 1.22 bits per heavy atom. The Balaban J connectivity index is 1.82. The van der Waals surface area contributed by atoms with Crippen LogP contribution in [0.1, 0.15) is 22.4 Å². The van der Waals surface area contributed by atoms with Crippen LogP contribution < -0.4 is 0 Å². The molecule has 0 spiro atoms. The van der Waals surface area contributed by atoms with Crippen molar-refractivity contribution in [2.75, 3.05) is 0 Å². The third kappa shape index (κ3) is 3.72. The maximum absolute atomic E-state index is 6.59. The van der Waals surface area contributed by atoms with Crippen LogP contribution in [-0.4, -0.2) is 20.2 Å². The first kappa shape index (κ1) is 22.7. The Hall–Kier alpha value is -3.80. The summed E-state index contributed by atoms with van der Waals surface area (Å²) in [5.74, 6) is 0. The van der Waals surface area contributed by atoms with Crippen molar-refractivity contribution in [3.8, 4) is 11.3 Å². The van der Waals surface area contributed by atoms with E-state index in [1.807, 2.05) is 36.4 Å². The Bertz CT molecular complexity index is 1550. The second-order valence-electron chi connectivity index (χ2n) is 8.50. The molecule has 0 aliphatic carbocycles. The summed E-state index contributed by atoms with van der Waals surface area (Å²) in [7, 11) is 0. The topological polar surface area (TPSA) is 54.5 Å². The number of nitrogens with zero attached hydrogens (tertiary/aromatic N) is 3. The molecule has 0 aliphatic heterocycles. The lowest BCUT2D eigenvalue weighted by molar-refractivity contribution is 0.720. The fourth-order valence-electron chi connectivity index (χ4n) is 5.00. The summed E-state index contributed by atoms with van der Waals surface area (Å²) in [4.78, 5) is 9.47. The zero-order chi connectivity index (χ0) is 24.5. The van der Waals surface area contributed by atoms with Gasteiger partial charge in [-0.1, -0.05) is 119 Å². The third-order valence-electron chi connectivity index (χ3n) is 6.48. The first-order chi connectivity index (χ1) is 17.7. The number of fused-ring (bicyclic) bond motifs is 1. The number of halogens is 2. The van der Waals surface area contributed by atoms with Gasteiger partial charge >= 0.3 is 0 Å². The molecule has 1 N–H and O–H groups in total. The van der Waals surface area contributed by atoms with E-state index in [-0.39, 0.29) is 5.28 Å². The van der Waals surface area contributed by atoms with E-state index in [0.717, 1.165) is 43.5 Å². The van der Waals surface area contributed by atoms with Gasteiger partial charge < -0.3 is 0 Å². The van der Waals surface area contributed by atoms with Crippen molar-refractivity contribution >= 4 is 38.6 Å². The number of nitrogens with one attached hydrogen (secondary N) is 1. The van der Waals surface area contributed by atoms with Crippen molar-refractivity contribution in [1.29, 1.82) is 0 Å². The Morgan fingerprint density at radius 3 is 1.75 bits per heavy atom. The predicted octanol–water partition coefficient (Wildman–Crippen LogP) is 7.82. The summed E-state index contributed by atoms with van der Waals surface area (Å²) < 4.78 is 0.972. The monoisotopic (exact) mass is 550 g/mol. The molecule has 0 aliphatic rings. The molecular formula is C30H20BrClN4. The lowest BCUT2D eigenvalue weighted by Crippen LogP contribution is -2.32. The maximum atomic E-state index is 6.59. The van der Waals surface area contributed by atoms with E-state index in [0.29, 0.717) is 5.65 Å². The molecule has 0 bridgehead atoms. The predicted molar refractivity (Wildman–Crippen MR) is 148 cm³/mol. The van der Waals surface area contributed by atoms with E-state index in [1.165, 1.54) is 0 Å². The zero-order valence-electron chi connectivity index (χ0n) is 19.1. The second kappa shape index (κ2) is 9.34. The van der Waals surface area contributed by atoms with Crippen LogP contribution in [0.15, 0.2) is 120 Å². The number of hydrogen-bond donors (Lipinski definition) is 1. The lowest BCUT2D eigenvalue weighted by atomic mass is 9.66. The summed E-state index contributed by atoms with van der Waals surface area (Å²) in [5, 5.41) is 8.76. The van der Waals surface area contributed by atoms with Gasteiger partial charge in [0.25, 0.3) is 0 Å². The van der Waals surface area contributed by atoms with Crippen LogP contribution in [0.25, 0.3) is 22.3 Å². The Kier molecular flexibility index (Phi) is 5.88. The highest BCUT2D eigenvalue weighted by Crippen LogP contribution is 2.48. The summed E-state index contributed by atoms with van der Waals surface area (Å²) in [6.45, 7) is 0. The van der Waals surface area contributed by atoms with Crippen LogP contribution in [0.2, 0.25) is 5.28 Å². The van der Waals surface area contributed by atoms with E-state index in [2.05, 4.69) is 110 Å². The van der Waals surface area contributed by atoms with Gasteiger partial charge in [-0.15, -0.1) is 0 Å². The molecule has 4 aromatic carbocycles. The van der Waals surface area contributed by atoms with Crippen molar-refractivity contribution < 1.29 is 0 Å². The van der Waals surface area contributed by atoms with Crippen molar-refractivity contribution in [2.45, 2.75) is 5.41 Å². The van der Waals surface area contributed by atoms with Crippen LogP contribution in [0.5, 0.6) is 0 Å². The van der Waals surface area contributed by atoms with Gasteiger partial charge in [0, 0.05) is 10.0 Å². The summed E-state index contributed by atoms with van der Waals surface area (Å²) in [6.07, 6.45) is 0. The highest BCUT2D eigenvalue weighted by Gasteiger charge is 2.42. The number of aromatic amines is 1. The van der Waals surface area contributed by atoms with Crippen LogP contribution in [0.4, 0.5) is 0 Å². The lowest BCUT2D eigenvalue weighted by Gasteiger charge is -2.36. The quantitative estimate of drug-likeness (QED) is 0.176. The number of aromatic nitrogens is 4. The molecule has 36 heavy (non-hydrogen) atoms. The first-order valence-corrected chi connectivity index (χ1v) is 12.7. The molecule has 6 rings (SSSR count). The van der Waals surface area contributed by atoms with E-state index in [4.69, 9.17) is 16.6 Å². The van der Waals surface area contributed by atoms with Gasteiger partial charge in [0.05, 0.1) is 22.2 Å². The van der Waals surface area contributed by atoms with Gasteiger partial charge in [-0.25, -0.2) is 4.98 Å². The standard InChI is InChI=1S/C30H20BrClN4/c31-24-18-10-11-20(19-24)26-25-27(33-29(32)34-28(25)36-35-26)30(21-12-4-1-5-13-21,22-14-6-2-7-15-22)23-16-8-3-9-17-23/h1-19H,(H,33,34,35,36). The molecule has 0 atom stereocenters. The van der Waals surface area contributed by atoms with E-state index >= 15 is 0 Å². The van der Waals surface area contributed by atoms with Crippen molar-refractivity contribution in [1.82, 2.24) is 20.2 Å². The first-order valence-electron chi connectivity index (χ1n) is 11.5. The van der Waals surface area contributed by atoms with Gasteiger partial charge in [-0.3, -0.25) is 5.10 Å². The molecular weight excluding hydrogens is 532 g/mol. The largest absolute Gasteiger partial charge is 0.275 e. The number of benzene rings is 4. The van der Waals surface area contributed by atoms with Crippen LogP contribution in [-0.2, 0) is 5.41 Å². The van der Waals surface area contributed by atoms with Crippen LogP contribution in [0.3, 0.4) is 0 Å². The van der Waals surface area contributed by atoms with E-state index in [9.17, 15) is 0 Å². The average molecular weight is 552 g/mol. The molecule has 2 heterocycles. The molecule has 2 aromatic heterocycles. The van der Waals surface area contributed by atoms with Gasteiger partial charge in [-0.05, 0) is 40.4 Å². The molecule has 0 radical (unpaired) electrons. The molecule has 0 saturated heterocycles. The fourth-order valence-corrected chi connectivity index (χ4v) is 5.56. The SMILES string of the molecule is Clc1nc(C(c2ccccc2)(c2ccccc2)c2ccccc2)c2c(-c3cccc(Br)c3)[nH]nc2n1. The van der Waals surface area contributed by atoms with Gasteiger partial charge in [0.2, 0.25) is 5.28 Å². The van der Waals surface area contributed by atoms with Crippen LogP contribution >= 0.6 is 27.5 Å². The minimum Gasteiger partial charge on any atom is -0.275 e. The number of H-pyrrole nitrogens is 1. The van der Waals surface area contributed by atoms with Gasteiger partial charge in [-0.2, -0.15) is 10.1 Å². The Labute approximate surface area is 222 Å². The average Bonchev–Trinajstić information content (AvgIpc) is 3.35. The molecule has 6 heteroatoms. The number of hydrogen-bond acceptors (Lipinski definition) is 3. The van der Waals surface area contributed by atoms with Crippen molar-refractivity contribution in [3.05, 3.63) is 147 Å². The fraction of sp³-hybridized carbons (Fsp3) is 0.0333. The minimum absolute atomic E-state index is 0.150. The highest BCUT2D eigenvalue weighted by atomic mass is 79.9. The second-order valence-corrected chi connectivity index (χ2v) is 9.75. The van der Waals surface area contributed by atoms with Gasteiger partial charge in [0.15, 0.2) is 5.65 Å². The summed E-state index contributed by atoms with van der Waals surface area (Å²) in [6, 6.07) is 39.4. The highest BCUT2D eigenvalue weighted by molar-refractivity contribution is 9.10. The molecule has 0 fully saturated rings. The molecule has 174 valence electrons. The molecule has 0 amide bonds. The normalized spacial score (nSPS) is 11.6. The zero-order valence-corrected chi connectivity index (χ0v) is 21.4. The van der Waals surface area contributed by atoms with Crippen molar-refractivity contribution in [2.24, 2.45) is 0 Å². The van der Waals surface area contributed by atoms with Gasteiger partial charge in [0.1, 0.15) is 0 Å². The smallest absolute Gasteiger partial charge is 0.224 e. The van der Waals surface area contributed by atoms with Crippen molar-refractivity contribution in [3.63, 3.8) is 0 Å². The van der Waals surface area contributed by atoms with E-state index in [1.54, 1.807) is 0 Å². The van der Waals surface area contributed by atoms with E-state index < -0.39 is 5.41 Å². The molecule has 4 nitrogen and oxygen atoms in total. The summed E-state index contributed by atoms with van der Waals surface area (Å²) >= 11 is 10.2. The summed E-state index contributed by atoms with van der Waals surface area (Å²) in [5.41, 5.74) is 5.53. The number of rotatable bonds is 5. The minimum atomic E-state index is -0.779.